The van der Waals surface area contributed by atoms with Crippen LogP contribution >= 0.6 is 0 Å². The summed E-state index contributed by atoms with van der Waals surface area (Å²) in [6.07, 6.45) is 7.07. The molecule has 5 aliphatic rings. The average molecular weight is 793 g/mol. The Hall–Kier alpha value is -6.90. The summed E-state index contributed by atoms with van der Waals surface area (Å²) in [5.41, 5.74) is 16.3. The molecule has 2 heterocycles. The Morgan fingerprint density at radius 3 is 1.55 bits per heavy atom. The van der Waals surface area contributed by atoms with Gasteiger partial charge in [0, 0.05) is 38.3 Å². The minimum Gasteiger partial charge on any atom is -0.309 e. The van der Waals surface area contributed by atoms with E-state index in [1.165, 1.54) is 131 Å². The third-order valence-electron chi connectivity index (χ3n) is 16.5. The van der Waals surface area contributed by atoms with Crippen molar-refractivity contribution in [3.8, 4) is 33.6 Å². The Balaban J connectivity index is 0.876. The fraction of sp³-hybridized carbons (Fsp3) is 0.167. The molecule has 11 aromatic rings. The number of fused-ring (bicyclic) bond motifs is 12. The van der Waals surface area contributed by atoms with E-state index in [1.807, 2.05) is 0 Å². The molecule has 0 unspecified atom stereocenters. The highest BCUT2D eigenvalue weighted by molar-refractivity contribution is 6.13. The minimum atomic E-state index is 0.145. The molecule has 2 heteroatoms. The summed E-state index contributed by atoms with van der Waals surface area (Å²) in [7, 11) is 0. The molecule has 0 atom stereocenters. The van der Waals surface area contributed by atoms with Crippen LogP contribution < -0.4 is 0 Å². The van der Waals surface area contributed by atoms with Crippen molar-refractivity contribution in [2.24, 2.45) is 23.7 Å². The van der Waals surface area contributed by atoms with Gasteiger partial charge in [-0.3, -0.25) is 0 Å². The van der Waals surface area contributed by atoms with Crippen LogP contribution in [0, 0.1) is 23.7 Å². The number of nitrogens with zero attached hydrogens (tertiary/aromatic N) is 2. The number of aromatic nitrogens is 2. The lowest BCUT2D eigenvalue weighted by Crippen LogP contribution is -2.55. The highest BCUT2D eigenvalue weighted by Gasteiger charge is 2.61. The van der Waals surface area contributed by atoms with Crippen molar-refractivity contribution in [3.05, 3.63) is 193 Å². The first-order chi connectivity index (χ1) is 30.7. The third-order valence-corrected chi connectivity index (χ3v) is 16.5. The molecule has 0 saturated heterocycles. The number of para-hydroxylation sites is 2. The largest absolute Gasteiger partial charge is 0.309 e. The second-order valence-electron chi connectivity index (χ2n) is 19.3. The lowest BCUT2D eigenvalue weighted by atomic mass is 9.43. The van der Waals surface area contributed by atoms with Crippen molar-refractivity contribution in [1.29, 1.82) is 0 Å². The van der Waals surface area contributed by atoms with E-state index in [4.69, 9.17) is 0 Å². The SMILES string of the molecule is c1ccc2c(c1)-c1ccc(-n3c4ccccc4c4cc(-c5ccc6c(c5)c5ccccc5n6-c5ccc6c(ccc7ccccc76)c5)ccc43)cc1C21C2CC3CC(C2)CC1C3. The van der Waals surface area contributed by atoms with Crippen LogP contribution in [-0.4, -0.2) is 9.13 Å². The van der Waals surface area contributed by atoms with Crippen LogP contribution in [0.3, 0.4) is 0 Å². The van der Waals surface area contributed by atoms with Crippen molar-refractivity contribution in [2.45, 2.75) is 37.5 Å². The van der Waals surface area contributed by atoms with Crippen molar-refractivity contribution >= 4 is 65.2 Å². The Morgan fingerprint density at radius 1 is 0.339 bits per heavy atom. The smallest absolute Gasteiger partial charge is 0.0541 e. The molecule has 5 aliphatic carbocycles. The van der Waals surface area contributed by atoms with E-state index in [9.17, 15) is 0 Å². The van der Waals surface area contributed by atoms with E-state index in [0.717, 1.165) is 23.7 Å². The summed E-state index contributed by atoms with van der Waals surface area (Å²) in [5.74, 6) is 3.35. The number of benzene rings is 9. The van der Waals surface area contributed by atoms with E-state index in [2.05, 4.69) is 191 Å². The Kier molecular flexibility index (Phi) is 6.61. The van der Waals surface area contributed by atoms with Crippen LogP contribution in [0.5, 0.6) is 0 Å². The van der Waals surface area contributed by atoms with Crippen LogP contribution in [0.4, 0.5) is 0 Å². The summed E-state index contributed by atoms with van der Waals surface area (Å²) in [6.45, 7) is 0. The van der Waals surface area contributed by atoms with Crippen LogP contribution in [-0.2, 0) is 5.41 Å². The molecule has 2 nitrogen and oxygen atoms in total. The summed E-state index contributed by atoms with van der Waals surface area (Å²) in [4.78, 5) is 0. The number of hydrogen-bond acceptors (Lipinski definition) is 0. The molecule has 4 saturated carbocycles. The second-order valence-corrected chi connectivity index (χ2v) is 19.3. The molecule has 0 radical (unpaired) electrons. The average Bonchev–Trinajstić information content (AvgIpc) is 3.94. The maximum absolute atomic E-state index is 2.64. The van der Waals surface area contributed by atoms with Gasteiger partial charge in [-0.1, -0.05) is 121 Å². The zero-order chi connectivity index (χ0) is 40.3. The maximum Gasteiger partial charge on any atom is 0.0541 e. The van der Waals surface area contributed by atoms with Crippen molar-refractivity contribution in [3.63, 3.8) is 0 Å². The van der Waals surface area contributed by atoms with Gasteiger partial charge in [0.1, 0.15) is 0 Å². The molecule has 62 heavy (non-hydrogen) atoms. The topological polar surface area (TPSA) is 9.86 Å². The summed E-state index contributed by atoms with van der Waals surface area (Å²) in [6, 6.07) is 69.4. The van der Waals surface area contributed by atoms with Crippen LogP contribution in [0.25, 0.3) is 98.8 Å². The fourth-order valence-electron chi connectivity index (χ4n) is 14.3. The Morgan fingerprint density at radius 2 is 0.855 bits per heavy atom. The van der Waals surface area contributed by atoms with E-state index in [-0.39, 0.29) is 5.41 Å². The third kappa shape index (κ3) is 4.35. The number of hydrogen-bond donors (Lipinski definition) is 0. The molecule has 4 bridgehead atoms. The van der Waals surface area contributed by atoms with Gasteiger partial charge >= 0.3 is 0 Å². The molecule has 9 aromatic carbocycles. The van der Waals surface area contributed by atoms with E-state index < -0.39 is 0 Å². The standard InChI is InChI=1S/C60H44N2/c1-2-10-46-38(9-1)17-18-41-32-44(21-23-47(41)46)61-56-15-7-4-12-50(56)52-33-39(19-25-58(52)61)40-20-26-59-53(34-40)51-13-5-8-16-57(51)62(59)45-22-24-49-48-11-3-6-14-54(48)60(55(49)35-45)42-28-36-27-37(30-42)31-43(60)29-36/h1-26,32-37,42-43H,27-31H2. The molecule has 0 N–H and O–H groups in total. The van der Waals surface area contributed by atoms with E-state index in [1.54, 1.807) is 11.1 Å². The number of rotatable bonds is 3. The predicted molar refractivity (Wildman–Crippen MR) is 259 cm³/mol. The first kappa shape index (κ1) is 33.8. The monoisotopic (exact) mass is 792 g/mol. The minimum absolute atomic E-state index is 0.145. The second kappa shape index (κ2) is 12.1. The van der Waals surface area contributed by atoms with Gasteiger partial charge in [0.05, 0.1) is 22.1 Å². The molecule has 16 rings (SSSR count). The highest BCUT2D eigenvalue weighted by Crippen LogP contribution is 2.69. The zero-order valence-electron chi connectivity index (χ0n) is 34.6. The molecule has 1 spiro atoms. The first-order valence-electron chi connectivity index (χ1n) is 22.9. The Bertz CT molecular complexity index is 3700. The van der Waals surface area contributed by atoms with E-state index >= 15 is 0 Å². The maximum atomic E-state index is 2.64. The van der Waals surface area contributed by atoms with Gasteiger partial charge in [-0.15, -0.1) is 0 Å². The van der Waals surface area contributed by atoms with Crippen molar-refractivity contribution in [1.82, 2.24) is 9.13 Å². The summed E-state index contributed by atoms with van der Waals surface area (Å²) < 4.78 is 5.01. The molecule has 0 aliphatic heterocycles. The molecular formula is C60H44N2. The van der Waals surface area contributed by atoms with Gasteiger partial charge in [0.15, 0.2) is 0 Å². The summed E-state index contributed by atoms with van der Waals surface area (Å²) >= 11 is 0. The molecule has 2 aromatic heterocycles. The van der Waals surface area contributed by atoms with Gasteiger partial charge in [0.25, 0.3) is 0 Å². The zero-order valence-corrected chi connectivity index (χ0v) is 34.6. The Labute approximate surface area is 360 Å². The predicted octanol–water partition coefficient (Wildman–Crippen LogP) is 15.6. The van der Waals surface area contributed by atoms with Crippen molar-refractivity contribution in [2.75, 3.05) is 0 Å². The van der Waals surface area contributed by atoms with Gasteiger partial charge in [0.2, 0.25) is 0 Å². The summed E-state index contributed by atoms with van der Waals surface area (Å²) in [5, 5.41) is 10.3. The fourth-order valence-corrected chi connectivity index (χ4v) is 14.3. The van der Waals surface area contributed by atoms with Crippen LogP contribution in [0.2, 0.25) is 0 Å². The molecule has 294 valence electrons. The van der Waals surface area contributed by atoms with Gasteiger partial charge in [-0.25, -0.2) is 0 Å². The van der Waals surface area contributed by atoms with Crippen molar-refractivity contribution < 1.29 is 0 Å². The molecular weight excluding hydrogens is 749 g/mol. The quantitative estimate of drug-likeness (QED) is 0.158. The van der Waals surface area contributed by atoms with Crippen LogP contribution in [0.1, 0.15) is 43.2 Å². The molecule has 0 amide bonds. The van der Waals surface area contributed by atoms with Gasteiger partial charge in [-0.2, -0.15) is 0 Å². The lowest BCUT2D eigenvalue weighted by Gasteiger charge is -2.61. The van der Waals surface area contributed by atoms with E-state index in [0.29, 0.717) is 0 Å². The highest BCUT2D eigenvalue weighted by atomic mass is 15.0. The van der Waals surface area contributed by atoms with Gasteiger partial charge < -0.3 is 9.13 Å². The lowest BCUT2D eigenvalue weighted by molar-refractivity contribution is -0.0399. The normalized spacial score (nSPS) is 22.3. The first-order valence-corrected chi connectivity index (χ1v) is 22.9. The molecule has 4 fully saturated rings. The van der Waals surface area contributed by atoms with Gasteiger partial charge in [-0.05, 0) is 171 Å². The van der Waals surface area contributed by atoms with Crippen LogP contribution in [0.15, 0.2) is 182 Å².